The summed E-state index contributed by atoms with van der Waals surface area (Å²) in [6.45, 7) is -0.0565. The Morgan fingerprint density at radius 3 is 2.75 bits per heavy atom. The maximum Gasteiger partial charge on any atom is 0.330 e. The Morgan fingerprint density at radius 2 is 2.19 bits per heavy atom. The lowest BCUT2D eigenvalue weighted by Crippen LogP contribution is -2.41. The number of methoxy groups -OCH3 is 1. The van der Waals surface area contributed by atoms with Crippen molar-refractivity contribution in [2.75, 3.05) is 7.11 Å². The molecule has 16 heavy (non-hydrogen) atoms. The molecule has 0 N–H and O–H groups in total. The molecule has 88 valence electrons. The number of aromatic nitrogens is 2. The van der Waals surface area contributed by atoms with Crippen molar-refractivity contribution in [1.82, 2.24) is 9.13 Å². The zero-order valence-corrected chi connectivity index (χ0v) is 10.4. The number of aryl methyl sites for hydroxylation is 1. The van der Waals surface area contributed by atoms with Crippen molar-refractivity contribution in [3.8, 4) is 0 Å². The summed E-state index contributed by atoms with van der Waals surface area (Å²) >= 11 is 3.05. The molecule has 1 aromatic heterocycles. The second kappa shape index (κ2) is 5.11. The van der Waals surface area contributed by atoms with E-state index in [2.05, 4.69) is 20.7 Å². The number of hydrogen-bond donors (Lipinski definition) is 0. The Kier molecular flexibility index (Phi) is 4.05. The molecule has 0 fully saturated rings. The number of esters is 1. The SMILES string of the molecule is COC(=O)C(Br)Cn1c(=O)ccn(C)c1=O. The second-order valence-electron chi connectivity index (χ2n) is 3.15. The van der Waals surface area contributed by atoms with Gasteiger partial charge in [0, 0.05) is 19.3 Å². The molecule has 0 spiro atoms. The number of carbonyl (C=O) groups excluding carboxylic acids is 1. The topological polar surface area (TPSA) is 70.3 Å². The molecule has 1 heterocycles. The summed E-state index contributed by atoms with van der Waals surface area (Å²) in [5.74, 6) is -0.530. The average molecular weight is 291 g/mol. The van der Waals surface area contributed by atoms with Gasteiger partial charge in [-0.05, 0) is 0 Å². The summed E-state index contributed by atoms with van der Waals surface area (Å²) in [6, 6.07) is 1.26. The highest BCUT2D eigenvalue weighted by Gasteiger charge is 2.17. The van der Waals surface area contributed by atoms with Crippen molar-refractivity contribution in [3.05, 3.63) is 33.1 Å². The van der Waals surface area contributed by atoms with Gasteiger partial charge in [0.25, 0.3) is 5.56 Å². The van der Waals surface area contributed by atoms with Gasteiger partial charge in [0.15, 0.2) is 0 Å². The van der Waals surface area contributed by atoms with Gasteiger partial charge < -0.3 is 9.30 Å². The van der Waals surface area contributed by atoms with Crippen molar-refractivity contribution in [3.63, 3.8) is 0 Å². The Labute approximate surface area is 99.6 Å². The summed E-state index contributed by atoms with van der Waals surface area (Å²) in [5, 5.41) is 0. The molecule has 7 heteroatoms. The first kappa shape index (κ1) is 12.7. The van der Waals surface area contributed by atoms with E-state index in [4.69, 9.17) is 0 Å². The maximum absolute atomic E-state index is 11.6. The van der Waals surface area contributed by atoms with Crippen molar-refractivity contribution in [2.24, 2.45) is 7.05 Å². The normalized spacial score (nSPS) is 12.2. The molecule has 0 saturated heterocycles. The van der Waals surface area contributed by atoms with E-state index in [1.807, 2.05) is 0 Å². The van der Waals surface area contributed by atoms with Gasteiger partial charge >= 0.3 is 11.7 Å². The van der Waals surface area contributed by atoms with Gasteiger partial charge in [-0.1, -0.05) is 15.9 Å². The van der Waals surface area contributed by atoms with Gasteiger partial charge in [-0.3, -0.25) is 14.2 Å². The van der Waals surface area contributed by atoms with Gasteiger partial charge in [-0.15, -0.1) is 0 Å². The van der Waals surface area contributed by atoms with E-state index in [1.165, 1.54) is 31.0 Å². The van der Waals surface area contributed by atoms with Gasteiger partial charge in [0.2, 0.25) is 0 Å². The number of rotatable bonds is 3. The summed E-state index contributed by atoms with van der Waals surface area (Å²) in [7, 11) is 2.77. The van der Waals surface area contributed by atoms with Crippen molar-refractivity contribution < 1.29 is 9.53 Å². The minimum absolute atomic E-state index is 0.0565. The molecule has 0 aliphatic rings. The highest BCUT2D eigenvalue weighted by molar-refractivity contribution is 9.10. The molecule has 0 saturated carbocycles. The second-order valence-corrected chi connectivity index (χ2v) is 4.25. The van der Waals surface area contributed by atoms with Crippen LogP contribution in [-0.4, -0.2) is 27.0 Å². The van der Waals surface area contributed by atoms with E-state index >= 15 is 0 Å². The monoisotopic (exact) mass is 290 g/mol. The van der Waals surface area contributed by atoms with Gasteiger partial charge in [0.1, 0.15) is 4.83 Å². The first-order chi connectivity index (χ1) is 7.47. The zero-order valence-electron chi connectivity index (χ0n) is 8.84. The van der Waals surface area contributed by atoms with Crippen LogP contribution in [0.2, 0.25) is 0 Å². The Bertz CT molecular complexity index is 505. The van der Waals surface area contributed by atoms with Crippen LogP contribution in [0.15, 0.2) is 21.9 Å². The number of ether oxygens (including phenoxy) is 1. The smallest absolute Gasteiger partial charge is 0.330 e. The van der Waals surface area contributed by atoms with E-state index in [0.717, 1.165) is 4.57 Å². The molecular weight excluding hydrogens is 280 g/mol. The third kappa shape index (κ3) is 2.60. The van der Waals surface area contributed by atoms with Crippen molar-refractivity contribution >= 4 is 21.9 Å². The lowest BCUT2D eigenvalue weighted by atomic mass is 10.4. The van der Waals surface area contributed by atoms with Crippen LogP contribution in [0.5, 0.6) is 0 Å². The fourth-order valence-electron chi connectivity index (χ4n) is 1.14. The lowest BCUT2D eigenvalue weighted by Gasteiger charge is -2.09. The first-order valence-electron chi connectivity index (χ1n) is 4.45. The average Bonchev–Trinajstić information content (AvgIpc) is 2.28. The standard InChI is InChI=1S/C9H11BrN2O4/c1-11-4-3-7(13)12(9(11)15)5-6(10)8(14)16-2/h3-4,6H,5H2,1-2H3. The molecule has 0 radical (unpaired) electrons. The molecule has 1 aromatic rings. The maximum atomic E-state index is 11.6. The van der Waals surface area contributed by atoms with Crippen LogP contribution in [0.1, 0.15) is 0 Å². The Balaban J connectivity index is 3.07. The first-order valence-corrected chi connectivity index (χ1v) is 5.37. The third-order valence-corrected chi connectivity index (χ3v) is 2.70. The van der Waals surface area contributed by atoms with Crippen LogP contribution in [0.3, 0.4) is 0 Å². The molecule has 0 bridgehead atoms. The quantitative estimate of drug-likeness (QED) is 0.555. The summed E-state index contributed by atoms with van der Waals surface area (Å²) in [4.78, 5) is 33.4. The molecule has 0 aromatic carbocycles. The van der Waals surface area contributed by atoms with Crippen LogP contribution in [0.25, 0.3) is 0 Å². The number of carbonyl (C=O) groups is 1. The Hall–Kier alpha value is -1.37. The fraction of sp³-hybridized carbons (Fsp3) is 0.444. The molecule has 6 nitrogen and oxygen atoms in total. The van der Waals surface area contributed by atoms with E-state index < -0.39 is 22.0 Å². The van der Waals surface area contributed by atoms with E-state index in [0.29, 0.717) is 0 Å². The number of alkyl halides is 1. The fourth-order valence-corrected chi connectivity index (χ4v) is 1.62. The number of halogens is 1. The molecule has 0 aliphatic heterocycles. The van der Waals surface area contributed by atoms with Crippen LogP contribution in [0.4, 0.5) is 0 Å². The predicted octanol–water partition coefficient (Wildman–Crippen LogP) is -0.517. The summed E-state index contributed by atoms with van der Waals surface area (Å²) in [6.07, 6.45) is 1.38. The van der Waals surface area contributed by atoms with Gasteiger partial charge in [-0.2, -0.15) is 0 Å². The molecule has 1 atom stereocenters. The molecule has 0 aliphatic carbocycles. The third-order valence-electron chi connectivity index (χ3n) is 2.04. The lowest BCUT2D eigenvalue weighted by molar-refractivity contribution is -0.140. The van der Waals surface area contributed by atoms with Crippen molar-refractivity contribution in [2.45, 2.75) is 11.4 Å². The van der Waals surface area contributed by atoms with Gasteiger partial charge in [0.05, 0.1) is 13.7 Å². The largest absolute Gasteiger partial charge is 0.468 e. The highest BCUT2D eigenvalue weighted by Crippen LogP contribution is 2.02. The van der Waals surface area contributed by atoms with Gasteiger partial charge in [-0.25, -0.2) is 4.79 Å². The van der Waals surface area contributed by atoms with Crippen molar-refractivity contribution in [1.29, 1.82) is 0 Å². The predicted molar refractivity (Wildman–Crippen MR) is 60.7 cm³/mol. The zero-order chi connectivity index (χ0) is 12.3. The van der Waals surface area contributed by atoms with E-state index in [-0.39, 0.29) is 6.54 Å². The van der Waals surface area contributed by atoms with Crippen LogP contribution in [-0.2, 0) is 23.1 Å². The van der Waals surface area contributed by atoms with Crippen LogP contribution in [0, 0.1) is 0 Å². The molecule has 0 amide bonds. The number of hydrogen-bond acceptors (Lipinski definition) is 4. The van der Waals surface area contributed by atoms with E-state index in [9.17, 15) is 14.4 Å². The molecule has 1 rings (SSSR count). The summed E-state index contributed by atoms with van der Waals surface area (Å²) < 4.78 is 6.72. The molecular formula is C9H11BrN2O4. The van der Waals surface area contributed by atoms with Crippen LogP contribution < -0.4 is 11.2 Å². The Morgan fingerprint density at radius 1 is 1.56 bits per heavy atom. The minimum Gasteiger partial charge on any atom is -0.468 e. The highest BCUT2D eigenvalue weighted by atomic mass is 79.9. The number of nitrogens with zero attached hydrogens (tertiary/aromatic N) is 2. The van der Waals surface area contributed by atoms with E-state index in [1.54, 1.807) is 0 Å². The van der Waals surface area contributed by atoms with Crippen LogP contribution >= 0.6 is 15.9 Å². The summed E-state index contributed by atoms with van der Waals surface area (Å²) in [5.41, 5.74) is -0.919. The minimum atomic E-state index is -0.717. The molecule has 1 unspecified atom stereocenters.